The van der Waals surface area contributed by atoms with Crippen LogP contribution in [0.1, 0.15) is 38.7 Å². The van der Waals surface area contributed by atoms with Crippen LogP contribution in [0.2, 0.25) is 0 Å². The van der Waals surface area contributed by atoms with Crippen LogP contribution < -0.4 is 5.73 Å². The smallest absolute Gasteiger partial charge is 0.253 e. The topological polar surface area (TPSA) is 126 Å². The molecule has 1 aliphatic rings. The molecule has 5 aromatic rings. The van der Waals surface area contributed by atoms with Crippen LogP contribution in [0.15, 0.2) is 48.7 Å². The van der Waals surface area contributed by atoms with E-state index in [1.54, 1.807) is 24.3 Å². The third kappa shape index (κ3) is 3.54. The number of hydrogen-bond acceptors (Lipinski definition) is 5. The van der Waals surface area contributed by atoms with Gasteiger partial charge in [0.15, 0.2) is 0 Å². The molecule has 0 bridgehead atoms. The minimum absolute atomic E-state index is 0.115. The second-order valence-corrected chi connectivity index (χ2v) is 8.83. The number of ketones is 1. The van der Waals surface area contributed by atoms with Crippen molar-refractivity contribution in [3.8, 4) is 5.69 Å². The number of benzene rings is 2. The van der Waals surface area contributed by atoms with E-state index in [1.165, 1.54) is 15.8 Å². The van der Waals surface area contributed by atoms with Gasteiger partial charge in [0, 0.05) is 23.0 Å². The number of carbonyl (C=O) groups excluding carboxylic acids is 2. The summed E-state index contributed by atoms with van der Waals surface area (Å²) in [5.74, 6) is 0.494. The minimum atomic E-state index is -0.976. The van der Waals surface area contributed by atoms with E-state index < -0.39 is 6.17 Å². The van der Waals surface area contributed by atoms with E-state index in [1.807, 2.05) is 25.1 Å². The molecule has 10 heteroatoms. The van der Waals surface area contributed by atoms with Crippen molar-refractivity contribution < 1.29 is 14.0 Å². The van der Waals surface area contributed by atoms with Crippen LogP contribution in [0.5, 0.6) is 0 Å². The minimum Gasteiger partial charge on any atom is -0.383 e. The number of aromatic amines is 2. The molecule has 1 atom stereocenters. The Bertz CT molecular complexity index is 1630. The highest BCUT2D eigenvalue weighted by Gasteiger charge is 2.27. The van der Waals surface area contributed by atoms with E-state index in [2.05, 4.69) is 20.1 Å². The summed E-state index contributed by atoms with van der Waals surface area (Å²) in [5.41, 5.74) is 10.5. The van der Waals surface area contributed by atoms with Gasteiger partial charge in [0.1, 0.15) is 17.8 Å². The second kappa shape index (κ2) is 7.79. The van der Waals surface area contributed by atoms with Crippen molar-refractivity contribution in [2.24, 2.45) is 0 Å². The van der Waals surface area contributed by atoms with Crippen LogP contribution in [0.4, 0.5) is 10.2 Å². The van der Waals surface area contributed by atoms with Crippen LogP contribution in [-0.2, 0) is 0 Å². The molecule has 4 N–H and O–H groups in total. The predicted molar refractivity (Wildman–Crippen MR) is 130 cm³/mol. The number of aromatic nitrogens is 5. The number of likely N-dealkylation sites (tertiary alicyclic amines) is 1. The fraction of sp³-hybridized carbons (Fsp3) is 0.200. The zero-order valence-electron chi connectivity index (χ0n) is 18.9. The summed E-state index contributed by atoms with van der Waals surface area (Å²) in [5, 5.41) is 5.03. The van der Waals surface area contributed by atoms with Crippen molar-refractivity contribution in [1.29, 1.82) is 0 Å². The number of rotatable bonds is 4. The Morgan fingerprint density at radius 1 is 1.11 bits per heavy atom. The predicted octanol–water partition coefficient (Wildman–Crippen LogP) is 3.54. The molecule has 0 spiro atoms. The summed E-state index contributed by atoms with van der Waals surface area (Å²) in [4.78, 5) is 38.2. The van der Waals surface area contributed by atoms with Crippen LogP contribution in [0.3, 0.4) is 0 Å². The fourth-order valence-corrected chi connectivity index (χ4v) is 4.61. The van der Waals surface area contributed by atoms with Gasteiger partial charge in [0.05, 0.1) is 40.7 Å². The fourth-order valence-electron chi connectivity index (χ4n) is 4.61. The number of amides is 1. The van der Waals surface area contributed by atoms with Crippen LogP contribution in [0, 0.1) is 6.92 Å². The Hall–Kier alpha value is -4.47. The number of nitrogen functional groups attached to an aromatic ring is 1. The number of nitrogens with two attached hydrogens (primary N) is 1. The maximum absolute atomic E-state index is 13.5. The number of anilines is 1. The first-order chi connectivity index (χ1) is 16.9. The van der Waals surface area contributed by atoms with Crippen LogP contribution in [-0.4, -0.2) is 60.6 Å². The number of aryl methyl sites for hydroxylation is 1. The third-order valence-electron chi connectivity index (χ3n) is 6.41. The molecule has 0 radical (unpaired) electrons. The first-order valence-corrected chi connectivity index (χ1v) is 11.3. The number of hydrogen-bond donors (Lipinski definition) is 3. The molecule has 1 saturated heterocycles. The second-order valence-electron chi connectivity index (χ2n) is 8.83. The van der Waals surface area contributed by atoms with Gasteiger partial charge in [-0.3, -0.25) is 9.59 Å². The molecule has 176 valence electrons. The Morgan fingerprint density at radius 2 is 1.94 bits per heavy atom. The summed E-state index contributed by atoms with van der Waals surface area (Å²) in [7, 11) is 0. The molecule has 9 nitrogen and oxygen atoms in total. The lowest BCUT2D eigenvalue weighted by Gasteiger charge is -2.15. The van der Waals surface area contributed by atoms with E-state index >= 15 is 0 Å². The van der Waals surface area contributed by atoms with E-state index in [9.17, 15) is 14.0 Å². The average Bonchev–Trinajstić information content (AvgIpc) is 3.62. The van der Waals surface area contributed by atoms with Gasteiger partial charge < -0.3 is 20.6 Å². The zero-order chi connectivity index (χ0) is 24.3. The highest BCUT2D eigenvalue weighted by molar-refractivity contribution is 6.13. The molecule has 35 heavy (non-hydrogen) atoms. The van der Waals surface area contributed by atoms with Gasteiger partial charge in [0.25, 0.3) is 5.91 Å². The van der Waals surface area contributed by atoms with E-state index in [0.717, 1.165) is 16.9 Å². The summed E-state index contributed by atoms with van der Waals surface area (Å²) in [6.45, 7) is 2.40. The largest absolute Gasteiger partial charge is 0.383 e. The maximum Gasteiger partial charge on any atom is 0.253 e. The highest BCUT2D eigenvalue weighted by atomic mass is 19.1. The van der Waals surface area contributed by atoms with E-state index in [4.69, 9.17) is 5.73 Å². The van der Waals surface area contributed by atoms with Crippen LogP contribution >= 0.6 is 0 Å². The molecule has 0 aliphatic carbocycles. The van der Waals surface area contributed by atoms with Crippen molar-refractivity contribution in [2.75, 3.05) is 18.8 Å². The molecule has 2 aromatic carbocycles. The zero-order valence-corrected chi connectivity index (χ0v) is 18.9. The lowest BCUT2D eigenvalue weighted by atomic mass is 10.1. The van der Waals surface area contributed by atoms with Gasteiger partial charge in [-0.2, -0.15) is 5.10 Å². The molecular weight excluding hydrogens is 449 g/mol. The SMILES string of the molecule is Cc1nc2cc(-n3ncc(C(=O)c4cc5cc(C(=O)N6CC[C@H](F)C6)ccc5[nH]4)c3N)ccc2[nH]1. The maximum atomic E-state index is 13.5. The van der Waals surface area contributed by atoms with Crippen LogP contribution in [0.25, 0.3) is 27.6 Å². The molecule has 4 heterocycles. The van der Waals surface area contributed by atoms with Gasteiger partial charge in [0.2, 0.25) is 5.78 Å². The Labute approximate surface area is 198 Å². The Morgan fingerprint density at radius 3 is 2.74 bits per heavy atom. The van der Waals surface area contributed by atoms with Crippen molar-refractivity contribution in [3.63, 3.8) is 0 Å². The van der Waals surface area contributed by atoms with E-state index in [-0.39, 0.29) is 29.6 Å². The van der Waals surface area contributed by atoms with Crippen molar-refractivity contribution in [1.82, 2.24) is 29.6 Å². The molecule has 1 amide bonds. The normalized spacial score (nSPS) is 15.9. The number of fused-ring (bicyclic) bond motifs is 2. The molecule has 1 fully saturated rings. The molecule has 0 saturated carbocycles. The Kier molecular flexibility index (Phi) is 4.70. The number of halogens is 1. The summed E-state index contributed by atoms with van der Waals surface area (Å²) in [6.07, 6.45) is 0.829. The van der Waals surface area contributed by atoms with Crippen molar-refractivity contribution >= 4 is 39.4 Å². The lowest BCUT2D eigenvalue weighted by Crippen LogP contribution is -2.28. The average molecular weight is 471 g/mol. The first kappa shape index (κ1) is 21.1. The number of carbonyl (C=O) groups is 2. The van der Waals surface area contributed by atoms with E-state index in [0.29, 0.717) is 40.8 Å². The van der Waals surface area contributed by atoms with Gasteiger partial charge >= 0.3 is 0 Å². The van der Waals surface area contributed by atoms with Gasteiger partial charge in [-0.15, -0.1) is 0 Å². The third-order valence-corrected chi connectivity index (χ3v) is 6.41. The Balaban J connectivity index is 1.30. The summed E-state index contributed by atoms with van der Waals surface area (Å²) in [6, 6.07) is 12.4. The number of imidazole rings is 1. The quantitative estimate of drug-likeness (QED) is 0.346. The summed E-state index contributed by atoms with van der Waals surface area (Å²) < 4.78 is 15.0. The number of alkyl halides is 1. The number of nitrogens with one attached hydrogen (secondary N) is 2. The monoisotopic (exact) mass is 471 g/mol. The van der Waals surface area contributed by atoms with Crippen molar-refractivity contribution in [2.45, 2.75) is 19.5 Å². The van der Waals surface area contributed by atoms with Gasteiger partial charge in [-0.1, -0.05) is 0 Å². The number of nitrogens with zero attached hydrogens (tertiary/aromatic N) is 4. The number of H-pyrrole nitrogens is 2. The first-order valence-electron chi connectivity index (χ1n) is 11.3. The molecule has 0 unspecified atom stereocenters. The molecule has 6 rings (SSSR count). The standard InChI is InChI=1S/C25H22FN7O2/c1-13-29-20-5-3-17(10-21(20)30-13)33-24(27)18(11-28-33)23(34)22-9-15-8-14(2-4-19(15)31-22)25(35)32-7-6-16(26)12-32/h2-5,8-11,16,31H,6-7,12,27H2,1H3,(H,29,30)/t16-/m0/s1. The molecular formula is C25H22FN7O2. The lowest BCUT2D eigenvalue weighted by molar-refractivity contribution is 0.0783. The molecule has 1 aliphatic heterocycles. The van der Waals surface area contributed by atoms with Gasteiger partial charge in [-0.05, 0) is 55.8 Å². The van der Waals surface area contributed by atoms with Crippen molar-refractivity contribution in [3.05, 3.63) is 71.3 Å². The van der Waals surface area contributed by atoms with Gasteiger partial charge in [-0.25, -0.2) is 14.1 Å². The highest BCUT2D eigenvalue weighted by Crippen LogP contribution is 2.25. The summed E-state index contributed by atoms with van der Waals surface area (Å²) >= 11 is 0. The molecule has 3 aromatic heterocycles.